The Morgan fingerprint density at radius 3 is 2.63 bits per heavy atom. The maximum atomic E-state index is 13.4. The van der Waals surface area contributed by atoms with Crippen LogP contribution < -0.4 is 10.0 Å². The van der Waals surface area contributed by atoms with Gasteiger partial charge in [-0.25, -0.2) is 8.42 Å². The minimum absolute atomic E-state index is 0.0598. The number of hydrogen-bond donors (Lipinski definition) is 1. The average Bonchev–Trinajstić information content (AvgIpc) is 3.18. The molecule has 2 amide bonds. The molecule has 0 aromatic heterocycles. The first kappa shape index (κ1) is 20.7. The third-order valence-electron chi connectivity index (χ3n) is 5.70. The minimum atomic E-state index is -3.94. The summed E-state index contributed by atoms with van der Waals surface area (Å²) in [4.78, 5) is 26.0. The van der Waals surface area contributed by atoms with Crippen molar-refractivity contribution in [3.8, 4) is 0 Å². The van der Waals surface area contributed by atoms with E-state index in [-0.39, 0.29) is 33.9 Å². The van der Waals surface area contributed by atoms with Crippen LogP contribution in [0.2, 0.25) is 5.02 Å². The summed E-state index contributed by atoms with van der Waals surface area (Å²) in [6.07, 6.45) is 1.93. The molecular weight excluding hydrogens is 426 g/mol. The number of hydrogen-bond acceptors (Lipinski definition) is 4. The normalized spacial score (nSPS) is 18.9. The Morgan fingerprint density at radius 1 is 1.10 bits per heavy atom. The second kappa shape index (κ2) is 7.92. The van der Waals surface area contributed by atoms with Crippen molar-refractivity contribution >= 4 is 39.1 Å². The topological polar surface area (TPSA) is 101 Å². The summed E-state index contributed by atoms with van der Waals surface area (Å²) in [5.41, 5.74) is 7.20. The SMILES string of the molecule is NC(=O)[C@H]1CCCN(C(=O)c2ccc(Cl)c(S(=O)(=O)N3CCc4ccccc43)c2)C1. The number of rotatable bonds is 4. The number of halogens is 1. The number of nitrogens with two attached hydrogens (primary N) is 1. The molecule has 2 heterocycles. The van der Waals surface area contributed by atoms with Gasteiger partial charge in [0.25, 0.3) is 15.9 Å². The lowest BCUT2D eigenvalue weighted by Gasteiger charge is -2.31. The van der Waals surface area contributed by atoms with Crippen molar-refractivity contribution in [2.45, 2.75) is 24.2 Å². The van der Waals surface area contributed by atoms with Gasteiger partial charge >= 0.3 is 0 Å². The van der Waals surface area contributed by atoms with Crippen LogP contribution in [0.3, 0.4) is 0 Å². The third-order valence-corrected chi connectivity index (χ3v) is 8.00. The second-order valence-electron chi connectivity index (χ2n) is 7.59. The highest BCUT2D eigenvalue weighted by molar-refractivity contribution is 7.93. The van der Waals surface area contributed by atoms with E-state index in [2.05, 4.69) is 0 Å². The van der Waals surface area contributed by atoms with Crippen molar-refractivity contribution in [2.24, 2.45) is 11.7 Å². The molecule has 2 aliphatic rings. The Kier molecular flexibility index (Phi) is 5.46. The molecule has 2 N–H and O–H groups in total. The molecular formula is C21H22ClN3O4S. The second-order valence-corrected chi connectivity index (χ2v) is 9.83. The molecule has 0 spiro atoms. The predicted molar refractivity (Wildman–Crippen MR) is 114 cm³/mol. The van der Waals surface area contributed by atoms with Gasteiger partial charge < -0.3 is 10.6 Å². The first-order valence-corrected chi connectivity index (χ1v) is 11.6. The van der Waals surface area contributed by atoms with E-state index in [4.69, 9.17) is 17.3 Å². The highest BCUT2D eigenvalue weighted by Gasteiger charge is 2.33. The fourth-order valence-electron chi connectivity index (χ4n) is 4.09. The zero-order valence-corrected chi connectivity index (χ0v) is 17.8. The number of primary amides is 1. The fourth-order valence-corrected chi connectivity index (χ4v) is 6.09. The summed E-state index contributed by atoms with van der Waals surface area (Å²) in [5.74, 6) is -1.16. The molecule has 0 aliphatic carbocycles. The summed E-state index contributed by atoms with van der Waals surface area (Å²) in [6, 6.07) is 11.6. The van der Waals surface area contributed by atoms with E-state index >= 15 is 0 Å². The molecule has 0 saturated carbocycles. The Balaban J connectivity index is 1.65. The number of piperidine rings is 1. The Morgan fingerprint density at radius 2 is 1.87 bits per heavy atom. The van der Waals surface area contributed by atoms with Gasteiger partial charge in [-0.05, 0) is 49.1 Å². The van der Waals surface area contributed by atoms with E-state index in [1.165, 1.54) is 22.5 Å². The lowest BCUT2D eigenvalue weighted by molar-refractivity contribution is -0.123. The van der Waals surface area contributed by atoms with Crippen molar-refractivity contribution in [3.63, 3.8) is 0 Å². The van der Waals surface area contributed by atoms with Gasteiger partial charge in [0.1, 0.15) is 4.90 Å². The summed E-state index contributed by atoms with van der Waals surface area (Å²) in [5, 5.41) is 0.0598. The van der Waals surface area contributed by atoms with Crippen LogP contribution >= 0.6 is 11.6 Å². The highest BCUT2D eigenvalue weighted by atomic mass is 35.5. The first-order chi connectivity index (χ1) is 14.3. The van der Waals surface area contributed by atoms with Gasteiger partial charge in [0, 0.05) is 25.2 Å². The van der Waals surface area contributed by atoms with Crippen LogP contribution in [0.4, 0.5) is 5.69 Å². The lowest BCUT2D eigenvalue weighted by Crippen LogP contribution is -2.44. The zero-order chi connectivity index (χ0) is 21.5. The molecule has 2 aromatic rings. The standard InChI is InChI=1S/C21H22ClN3O4S/c22-17-8-7-15(21(27)24-10-3-5-16(13-24)20(23)26)12-19(17)30(28,29)25-11-9-14-4-1-2-6-18(14)25/h1-2,4,6-8,12,16H,3,5,9-11,13H2,(H2,23,26)/t16-/m0/s1. The van der Waals surface area contributed by atoms with E-state index in [0.29, 0.717) is 38.0 Å². The van der Waals surface area contributed by atoms with Crippen molar-refractivity contribution in [2.75, 3.05) is 23.9 Å². The number of carbonyl (C=O) groups excluding carboxylic acids is 2. The highest BCUT2D eigenvalue weighted by Crippen LogP contribution is 2.35. The van der Waals surface area contributed by atoms with Crippen LogP contribution in [0, 0.1) is 5.92 Å². The maximum Gasteiger partial charge on any atom is 0.265 e. The number of benzene rings is 2. The summed E-state index contributed by atoms with van der Waals surface area (Å²) >= 11 is 6.25. The van der Waals surface area contributed by atoms with Crippen molar-refractivity contribution in [1.82, 2.24) is 4.90 Å². The Hall–Kier alpha value is -2.58. The molecule has 2 aromatic carbocycles. The molecule has 7 nitrogen and oxygen atoms in total. The van der Waals surface area contributed by atoms with Gasteiger partial charge in [-0.3, -0.25) is 13.9 Å². The average molecular weight is 448 g/mol. The van der Waals surface area contributed by atoms with Crippen LogP contribution in [0.25, 0.3) is 0 Å². The quantitative estimate of drug-likeness (QED) is 0.777. The van der Waals surface area contributed by atoms with Gasteiger partial charge in [0.2, 0.25) is 5.91 Å². The number of likely N-dealkylation sites (tertiary alicyclic amines) is 1. The molecule has 158 valence electrons. The molecule has 0 unspecified atom stereocenters. The van der Waals surface area contributed by atoms with E-state index in [9.17, 15) is 18.0 Å². The van der Waals surface area contributed by atoms with E-state index in [1.54, 1.807) is 17.0 Å². The van der Waals surface area contributed by atoms with Crippen LogP contribution in [-0.4, -0.2) is 44.8 Å². The van der Waals surface area contributed by atoms with E-state index in [1.807, 2.05) is 12.1 Å². The molecule has 1 atom stereocenters. The maximum absolute atomic E-state index is 13.4. The van der Waals surface area contributed by atoms with Crippen LogP contribution in [0.1, 0.15) is 28.8 Å². The lowest BCUT2D eigenvalue weighted by atomic mass is 9.97. The summed E-state index contributed by atoms with van der Waals surface area (Å²) in [6.45, 7) is 1.05. The van der Waals surface area contributed by atoms with E-state index < -0.39 is 15.9 Å². The molecule has 0 radical (unpaired) electrons. The zero-order valence-electron chi connectivity index (χ0n) is 16.3. The van der Waals surface area contributed by atoms with Crippen molar-refractivity contribution in [3.05, 3.63) is 58.6 Å². The minimum Gasteiger partial charge on any atom is -0.369 e. The molecule has 9 heteroatoms. The molecule has 0 bridgehead atoms. The van der Waals surface area contributed by atoms with E-state index in [0.717, 1.165) is 5.56 Å². The van der Waals surface area contributed by atoms with Crippen LogP contribution in [0.15, 0.2) is 47.4 Å². The van der Waals surface area contributed by atoms with Gasteiger partial charge in [0.15, 0.2) is 0 Å². The smallest absolute Gasteiger partial charge is 0.265 e. The number of nitrogens with zero attached hydrogens (tertiary/aromatic N) is 2. The van der Waals surface area contributed by atoms with Gasteiger partial charge in [0.05, 0.1) is 16.6 Å². The number of sulfonamides is 1. The predicted octanol–water partition coefficient (Wildman–Crippen LogP) is 2.43. The Bertz CT molecular complexity index is 1120. The summed E-state index contributed by atoms with van der Waals surface area (Å²) < 4.78 is 28.1. The number of amides is 2. The monoisotopic (exact) mass is 447 g/mol. The van der Waals surface area contributed by atoms with Crippen LogP contribution in [-0.2, 0) is 21.2 Å². The summed E-state index contributed by atoms with van der Waals surface area (Å²) in [7, 11) is -3.94. The van der Waals surface area contributed by atoms with Crippen molar-refractivity contribution in [1.29, 1.82) is 0 Å². The molecule has 4 rings (SSSR count). The fraction of sp³-hybridized carbons (Fsp3) is 0.333. The molecule has 1 saturated heterocycles. The van der Waals surface area contributed by atoms with Crippen molar-refractivity contribution < 1.29 is 18.0 Å². The van der Waals surface area contributed by atoms with Gasteiger partial charge in [-0.15, -0.1) is 0 Å². The molecule has 1 fully saturated rings. The molecule has 30 heavy (non-hydrogen) atoms. The largest absolute Gasteiger partial charge is 0.369 e. The first-order valence-electron chi connectivity index (χ1n) is 9.78. The number of para-hydroxylation sites is 1. The van der Waals surface area contributed by atoms with Gasteiger partial charge in [-0.1, -0.05) is 29.8 Å². The number of fused-ring (bicyclic) bond motifs is 1. The number of anilines is 1. The third kappa shape index (κ3) is 3.65. The van der Waals surface area contributed by atoms with Gasteiger partial charge in [-0.2, -0.15) is 0 Å². The van der Waals surface area contributed by atoms with Crippen LogP contribution in [0.5, 0.6) is 0 Å². The number of carbonyl (C=O) groups is 2. The molecule has 2 aliphatic heterocycles. The Labute approximate surface area is 180 Å².